The monoisotopic (exact) mass is 353 g/mol. The molecule has 1 atom stereocenters. The largest absolute Gasteiger partial charge is 0.419 e. The van der Waals surface area contributed by atoms with Crippen molar-refractivity contribution in [3.63, 3.8) is 0 Å². The number of nitrogens with zero attached hydrogens (tertiary/aromatic N) is 1. The number of aromatic nitrogens is 1. The number of thiophene rings is 1. The Hall–Kier alpha value is -1.37. The molecule has 0 aliphatic heterocycles. The van der Waals surface area contributed by atoms with E-state index in [9.17, 15) is 9.90 Å². The van der Waals surface area contributed by atoms with E-state index in [-0.39, 0.29) is 0 Å². The Bertz CT molecular complexity index is 826. The van der Waals surface area contributed by atoms with E-state index in [1.54, 1.807) is 19.2 Å². The number of aryl methyl sites for hydroxylation is 2. The molecule has 0 amide bonds. The molecule has 2 aromatic heterocycles. The fourth-order valence-corrected chi connectivity index (χ4v) is 3.69. The molecule has 1 unspecified atom stereocenters. The highest BCUT2D eigenvalue weighted by Gasteiger charge is 2.16. The number of aliphatic hydroxyl groups excluding tert-OH is 1. The first-order valence-electron chi connectivity index (χ1n) is 6.00. The standard InChI is InChI=1S/C14H12BrNO3S/c1-7-5-11(20-13(7)15)12(17)8-3-4-9-10(6-8)19-14(18)16(9)2/h3-6,12,17H,1-2H3. The first-order chi connectivity index (χ1) is 9.47. The number of benzene rings is 1. The van der Waals surface area contributed by atoms with Gasteiger partial charge in [0.15, 0.2) is 5.58 Å². The van der Waals surface area contributed by atoms with Gasteiger partial charge in [-0.05, 0) is 52.2 Å². The molecular formula is C14H12BrNO3S. The summed E-state index contributed by atoms with van der Waals surface area (Å²) in [6.45, 7) is 1.98. The molecule has 0 aliphatic rings. The fraction of sp³-hybridized carbons (Fsp3) is 0.214. The second-order valence-corrected chi connectivity index (χ2v) is 7.06. The van der Waals surface area contributed by atoms with Gasteiger partial charge in [-0.15, -0.1) is 11.3 Å². The van der Waals surface area contributed by atoms with Crippen molar-refractivity contribution in [3.8, 4) is 0 Å². The van der Waals surface area contributed by atoms with Gasteiger partial charge in [0.2, 0.25) is 0 Å². The van der Waals surface area contributed by atoms with Crippen molar-refractivity contribution in [1.29, 1.82) is 0 Å². The van der Waals surface area contributed by atoms with E-state index in [4.69, 9.17) is 4.42 Å². The van der Waals surface area contributed by atoms with Crippen LogP contribution in [0, 0.1) is 6.92 Å². The summed E-state index contributed by atoms with van der Waals surface area (Å²) < 4.78 is 7.60. The van der Waals surface area contributed by atoms with Crippen molar-refractivity contribution in [2.45, 2.75) is 13.0 Å². The van der Waals surface area contributed by atoms with Crippen LogP contribution in [0.1, 0.15) is 22.1 Å². The van der Waals surface area contributed by atoms with Crippen molar-refractivity contribution >= 4 is 38.4 Å². The van der Waals surface area contributed by atoms with Crippen LogP contribution < -0.4 is 5.76 Å². The normalized spacial score (nSPS) is 13.0. The van der Waals surface area contributed by atoms with Gasteiger partial charge in [0, 0.05) is 11.9 Å². The molecule has 1 aromatic carbocycles. The smallest absolute Gasteiger partial charge is 0.408 e. The van der Waals surface area contributed by atoms with E-state index in [0.29, 0.717) is 11.1 Å². The molecule has 0 aliphatic carbocycles. The number of halogens is 1. The van der Waals surface area contributed by atoms with Crippen molar-refractivity contribution in [3.05, 3.63) is 54.6 Å². The average Bonchev–Trinajstić information content (AvgIpc) is 2.90. The van der Waals surface area contributed by atoms with Gasteiger partial charge < -0.3 is 9.52 Å². The number of aliphatic hydroxyl groups is 1. The second kappa shape index (κ2) is 4.87. The average molecular weight is 354 g/mol. The molecule has 0 fully saturated rings. The predicted molar refractivity (Wildman–Crippen MR) is 82.3 cm³/mol. The maximum atomic E-state index is 11.5. The maximum absolute atomic E-state index is 11.5. The van der Waals surface area contributed by atoms with E-state index in [1.165, 1.54) is 15.9 Å². The van der Waals surface area contributed by atoms with Gasteiger partial charge in [0.1, 0.15) is 6.10 Å². The highest BCUT2D eigenvalue weighted by molar-refractivity contribution is 9.11. The van der Waals surface area contributed by atoms with Crippen LogP contribution in [0.25, 0.3) is 11.1 Å². The van der Waals surface area contributed by atoms with Crippen LogP contribution in [0.3, 0.4) is 0 Å². The molecule has 20 heavy (non-hydrogen) atoms. The van der Waals surface area contributed by atoms with E-state index < -0.39 is 11.9 Å². The minimum atomic E-state index is -0.722. The van der Waals surface area contributed by atoms with Gasteiger partial charge in [0.25, 0.3) is 0 Å². The summed E-state index contributed by atoms with van der Waals surface area (Å²) in [7, 11) is 1.66. The second-order valence-electron chi connectivity index (χ2n) is 4.66. The van der Waals surface area contributed by atoms with E-state index in [1.807, 2.05) is 19.1 Å². The first-order valence-corrected chi connectivity index (χ1v) is 7.61. The molecular weight excluding hydrogens is 342 g/mol. The molecule has 2 heterocycles. The lowest BCUT2D eigenvalue weighted by Gasteiger charge is -2.08. The van der Waals surface area contributed by atoms with Gasteiger partial charge in [-0.1, -0.05) is 6.07 Å². The summed E-state index contributed by atoms with van der Waals surface area (Å²) in [6, 6.07) is 7.26. The number of rotatable bonds is 2. The minimum Gasteiger partial charge on any atom is -0.408 e. The SMILES string of the molecule is Cc1cc(C(O)c2ccc3c(c2)oc(=O)n3C)sc1Br. The first kappa shape index (κ1) is 13.6. The van der Waals surface area contributed by atoms with Gasteiger partial charge in [-0.3, -0.25) is 4.57 Å². The Kier molecular flexibility index (Phi) is 3.32. The van der Waals surface area contributed by atoms with Crippen LogP contribution in [-0.4, -0.2) is 9.67 Å². The molecule has 0 radical (unpaired) electrons. The molecule has 1 N–H and O–H groups in total. The Balaban J connectivity index is 2.07. The lowest BCUT2D eigenvalue weighted by Crippen LogP contribution is -2.08. The topological polar surface area (TPSA) is 55.4 Å². The molecule has 4 nitrogen and oxygen atoms in total. The summed E-state index contributed by atoms with van der Waals surface area (Å²) in [5.74, 6) is -0.402. The van der Waals surface area contributed by atoms with Crippen molar-refractivity contribution in [2.24, 2.45) is 7.05 Å². The Morgan fingerprint density at radius 2 is 2.15 bits per heavy atom. The molecule has 104 valence electrons. The third-order valence-corrected chi connectivity index (χ3v) is 5.47. The van der Waals surface area contributed by atoms with Crippen LogP contribution in [0.15, 0.2) is 37.3 Å². The number of hydrogen-bond donors (Lipinski definition) is 1. The molecule has 0 bridgehead atoms. The molecule has 0 spiro atoms. The lowest BCUT2D eigenvalue weighted by molar-refractivity contribution is 0.224. The minimum absolute atomic E-state index is 0.402. The lowest BCUT2D eigenvalue weighted by atomic mass is 10.1. The summed E-state index contributed by atoms with van der Waals surface area (Å²) in [4.78, 5) is 12.3. The van der Waals surface area contributed by atoms with Crippen LogP contribution >= 0.6 is 27.3 Å². The summed E-state index contributed by atoms with van der Waals surface area (Å²) in [5.41, 5.74) is 3.01. The third-order valence-electron chi connectivity index (χ3n) is 3.28. The van der Waals surface area contributed by atoms with Gasteiger partial charge in [-0.2, -0.15) is 0 Å². The van der Waals surface area contributed by atoms with Crippen molar-refractivity contribution < 1.29 is 9.52 Å². The number of hydrogen-bond acceptors (Lipinski definition) is 4. The maximum Gasteiger partial charge on any atom is 0.419 e. The van der Waals surface area contributed by atoms with E-state index in [2.05, 4.69) is 15.9 Å². The Morgan fingerprint density at radius 3 is 2.80 bits per heavy atom. The van der Waals surface area contributed by atoms with Gasteiger partial charge >= 0.3 is 5.76 Å². The van der Waals surface area contributed by atoms with Crippen LogP contribution in [-0.2, 0) is 7.05 Å². The highest BCUT2D eigenvalue weighted by atomic mass is 79.9. The predicted octanol–water partition coefficient (Wildman–Crippen LogP) is 3.35. The molecule has 3 rings (SSSR count). The quantitative estimate of drug-likeness (QED) is 0.768. The fourth-order valence-electron chi connectivity index (χ4n) is 2.10. The Labute approximate surface area is 127 Å². The van der Waals surface area contributed by atoms with Gasteiger partial charge in [-0.25, -0.2) is 4.79 Å². The molecule has 0 saturated carbocycles. The summed E-state index contributed by atoms with van der Waals surface area (Å²) in [6.07, 6.45) is -0.722. The number of fused-ring (bicyclic) bond motifs is 1. The molecule has 6 heteroatoms. The van der Waals surface area contributed by atoms with Crippen molar-refractivity contribution in [2.75, 3.05) is 0 Å². The zero-order chi connectivity index (χ0) is 14.4. The zero-order valence-corrected chi connectivity index (χ0v) is 13.3. The Morgan fingerprint density at radius 1 is 1.40 bits per heavy atom. The van der Waals surface area contributed by atoms with E-state index >= 15 is 0 Å². The summed E-state index contributed by atoms with van der Waals surface area (Å²) >= 11 is 4.95. The van der Waals surface area contributed by atoms with Crippen LogP contribution in [0.4, 0.5) is 0 Å². The highest BCUT2D eigenvalue weighted by Crippen LogP contribution is 2.34. The van der Waals surface area contributed by atoms with Gasteiger partial charge in [0.05, 0.1) is 9.30 Å². The van der Waals surface area contributed by atoms with E-state index in [0.717, 1.165) is 19.7 Å². The van der Waals surface area contributed by atoms with Crippen LogP contribution in [0.5, 0.6) is 0 Å². The zero-order valence-electron chi connectivity index (χ0n) is 10.9. The van der Waals surface area contributed by atoms with Crippen LogP contribution in [0.2, 0.25) is 0 Å². The summed E-state index contributed by atoms with van der Waals surface area (Å²) in [5, 5.41) is 10.4. The number of oxazole rings is 1. The van der Waals surface area contributed by atoms with Crippen molar-refractivity contribution in [1.82, 2.24) is 4.57 Å². The molecule has 3 aromatic rings. The third kappa shape index (κ3) is 2.13. The molecule has 0 saturated heterocycles.